The molecule has 3 rings (SSSR count). The molecule has 1 aliphatic rings. The molecule has 0 spiro atoms. The van der Waals surface area contributed by atoms with E-state index in [4.69, 9.17) is 9.47 Å². The molecule has 2 aromatic rings. The maximum atomic E-state index is 12.2. The van der Waals surface area contributed by atoms with Gasteiger partial charge < -0.3 is 14.8 Å². The Labute approximate surface area is 150 Å². The van der Waals surface area contributed by atoms with Crippen LogP contribution in [0.25, 0.3) is 0 Å². The average Bonchev–Trinajstić information content (AvgIpc) is 2.61. The quantitative estimate of drug-likeness (QED) is 0.839. The van der Waals surface area contributed by atoms with Crippen molar-refractivity contribution in [1.82, 2.24) is 5.32 Å². The third-order valence-electron chi connectivity index (χ3n) is 4.05. The molecule has 1 aliphatic heterocycles. The summed E-state index contributed by atoms with van der Waals surface area (Å²) in [7, 11) is 0. The second-order valence-corrected chi connectivity index (χ2v) is 6.64. The molecule has 0 fully saturated rings. The van der Waals surface area contributed by atoms with Crippen LogP contribution in [-0.4, -0.2) is 19.1 Å². The van der Waals surface area contributed by atoms with Gasteiger partial charge >= 0.3 is 0 Å². The number of rotatable bonds is 5. The standard InChI is InChI=1S/C19H20BrNO3/c1-2-13-3-6-15(7-4-13)24-12-19(22)21-17-9-10-23-18-8-5-14(20)11-16(17)18/h3-8,11,17H,2,9-10,12H2,1H3,(H,21,22). The van der Waals surface area contributed by atoms with Crippen LogP contribution in [0.5, 0.6) is 11.5 Å². The van der Waals surface area contributed by atoms with Crippen molar-refractivity contribution in [2.75, 3.05) is 13.2 Å². The Kier molecular flexibility index (Phi) is 5.41. The number of benzene rings is 2. The lowest BCUT2D eigenvalue weighted by Gasteiger charge is -2.27. The fourth-order valence-corrected chi connectivity index (χ4v) is 3.10. The summed E-state index contributed by atoms with van der Waals surface area (Å²) in [5, 5.41) is 3.03. The van der Waals surface area contributed by atoms with Crippen molar-refractivity contribution in [3.8, 4) is 11.5 Å². The molecule has 126 valence electrons. The van der Waals surface area contributed by atoms with Crippen LogP contribution in [0.3, 0.4) is 0 Å². The number of fused-ring (bicyclic) bond motifs is 1. The van der Waals surface area contributed by atoms with Crippen molar-refractivity contribution in [3.63, 3.8) is 0 Å². The summed E-state index contributed by atoms with van der Waals surface area (Å²) in [6.45, 7) is 2.71. The average molecular weight is 390 g/mol. The Hall–Kier alpha value is -2.01. The monoisotopic (exact) mass is 389 g/mol. The van der Waals surface area contributed by atoms with Gasteiger partial charge in [-0.1, -0.05) is 35.0 Å². The second-order valence-electron chi connectivity index (χ2n) is 5.73. The van der Waals surface area contributed by atoms with Gasteiger partial charge in [-0.25, -0.2) is 0 Å². The van der Waals surface area contributed by atoms with E-state index in [1.807, 2.05) is 42.5 Å². The van der Waals surface area contributed by atoms with Gasteiger partial charge in [0.15, 0.2) is 6.61 Å². The van der Waals surface area contributed by atoms with Crippen LogP contribution < -0.4 is 14.8 Å². The van der Waals surface area contributed by atoms with E-state index in [0.29, 0.717) is 12.4 Å². The molecule has 1 amide bonds. The first kappa shape index (κ1) is 16.8. The topological polar surface area (TPSA) is 47.6 Å². The largest absolute Gasteiger partial charge is 0.493 e. The van der Waals surface area contributed by atoms with E-state index >= 15 is 0 Å². The van der Waals surface area contributed by atoms with E-state index in [-0.39, 0.29) is 18.6 Å². The van der Waals surface area contributed by atoms with Crippen LogP contribution >= 0.6 is 15.9 Å². The highest BCUT2D eigenvalue weighted by Crippen LogP contribution is 2.34. The van der Waals surface area contributed by atoms with Crippen LogP contribution in [0.2, 0.25) is 0 Å². The molecule has 24 heavy (non-hydrogen) atoms. The number of halogens is 1. The number of aryl methyl sites for hydroxylation is 1. The van der Waals surface area contributed by atoms with E-state index in [1.54, 1.807) is 0 Å². The zero-order chi connectivity index (χ0) is 16.9. The zero-order valence-electron chi connectivity index (χ0n) is 13.5. The Morgan fingerprint density at radius 3 is 2.83 bits per heavy atom. The first-order chi connectivity index (χ1) is 11.7. The molecule has 1 atom stereocenters. The van der Waals surface area contributed by atoms with Gasteiger partial charge in [0.2, 0.25) is 0 Å². The molecular formula is C19H20BrNO3. The van der Waals surface area contributed by atoms with Gasteiger partial charge in [0.05, 0.1) is 12.6 Å². The molecule has 0 bridgehead atoms. The normalized spacial score (nSPS) is 16.0. The van der Waals surface area contributed by atoms with E-state index in [1.165, 1.54) is 5.56 Å². The highest BCUT2D eigenvalue weighted by atomic mass is 79.9. The molecule has 0 aliphatic carbocycles. The van der Waals surface area contributed by atoms with Gasteiger partial charge in [0.25, 0.3) is 5.91 Å². The first-order valence-corrected chi connectivity index (χ1v) is 8.88. The van der Waals surface area contributed by atoms with Crippen molar-refractivity contribution in [2.24, 2.45) is 0 Å². The minimum absolute atomic E-state index is 0.00612. The molecular weight excluding hydrogens is 370 g/mol. The lowest BCUT2D eigenvalue weighted by Crippen LogP contribution is -2.35. The summed E-state index contributed by atoms with van der Waals surface area (Å²) >= 11 is 3.46. The highest BCUT2D eigenvalue weighted by Gasteiger charge is 2.23. The smallest absolute Gasteiger partial charge is 0.258 e. The van der Waals surface area contributed by atoms with E-state index < -0.39 is 0 Å². The number of hydrogen-bond acceptors (Lipinski definition) is 3. The summed E-state index contributed by atoms with van der Waals surface area (Å²) in [6, 6.07) is 13.6. The molecule has 2 aromatic carbocycles. The number of carbonyl (C=O) groups is 1. The highest BCUT2D eigenvalue weighted by molar-refractivity contribution is 9.10. The molecule has 1 unspecified atom stereocenters. The summed E-state index contributed by atoms with van der Waals surface area (Å²) in [6.07, 6.45) is 1.74. The molecule has 0 saturated heterocycles. The van der Waals surface area contributed by atoms with Gasteiger partial charge in [-0.3, -0.25) is 4.79 Å². The van der Waals surface area contributed by atoms with Crippen molar-refractivity contribution < 1.29 is 14.3 Å². The van der Waals surface area contributed by atoms with Crippen LogP contribution in [0.4, 0.5) is 0 Å². The minimum atomic E-state index is -0.132. The van der Waals surface area contributed by atoms with Gasteiger partial charge in [0, 0.05) is 16.5 Å². The van der Waals surface area contributed by atoms with Crippen molar-refractivity contribution in [3.05, 3.63) is 58.1 Å². The van der Waals surface area contributed by atoms with E-state index in [9.17, 15) is 4.79 Å². The molecule has 0 aromatic heterocycles. The third-order valence-corrected chi connectivity index (χ3v) is 4.54. The number of hydrogen-bond donors (Lipinski definition) is 1. The van der Waals surface area contributed by atoms with Crippen LogP contribution in [0, 0.1) is 0 Å². The Morgan fingerprint density at radius 2 is 2.08 bits per heavy atom. The summed E-state index contributed by atoms with van der Waals surface area (Å²) in [4.78, 5) is 12.2. The van der Waals surface area contributed by atoms with Gasteiger partial charge in [-0.15, -0.1) is 0 Å². The first-order valence-electron chi connectivity index (χ1n) is 8.09. The van der Waals surface area contributed by atoms with Crippen LogP contribution in [0.15, 0.2) is 46.9 Å². The van der Waals surface area contributed by atoms with Crippen LogP contribution in [0.1, 0.15) is 30.5 Å². The summed E-state index contributed by atoms with van der Waals surface area (Å²) in [5.41, 5.74) is 2.24. The molecule has 1 heterocycles. The third kappa shape index (κ3) is 4.09. The maximum Gasteiger partial charge on any atom is 0.258 e. The number of ether oxygens (including phenoxy) is 2. The summed E-state index contributed by atoms with van der Waals surface area (Å²) in [5.74, 6) is 1.40. The number of amides is 1. The van der Waals surface area contributed by atoms with Crippen molar-refractivity contribution in [1.29, 1.82) is 0 Å². The van der Waals surface area contributed by atoms with Gasteiger partial charge in [0.1, 0.15) is 11.5 Å². The van der Waals surface area contributed by atoms with Crippen LogP contribution in [-0.2, 0) is 11.2 Å². The second kappa shape index (κ2) is 7.71. The molecule has 1 N–H and O–H groups in total. The van der Waals surface area contributed by atoms with Gasteiger partial charge in [-0.05, 0) is 42.3 Å². The summed E-state index contributed by atoms with van der Waals surface area (Å²) < 4.78 is 12.2. The number of carbonyl (C=O) groups excluding carboxylic acids is 1. The fourth-order valence-electron chi connectivity index (χ4n) is 2.72. The fraction of sp³-hybridized carbons (Fsp3) is 0.316. The van der Waals surface area contributed by atoms with Crippen molar-refractivity contribution >= 4 is 21.8 Å². The Balaban J connectivity index is 1.58. The maximum absolute atomic E-state index is 12.2. The SMILES string of the molecule is CCc1ccc(OCC(=O)NC2CCOc3ccc(Br)cc32)cc1. The minimum Gasteiger partial charge on any atom is -0.493 e. The lowest BCUT2D eigenvalue weighted by molar-refractivity contribution is -0.124. The molecule has 0 saturated carbocycles. The van der Waals surface area contributed by atoms with E-state index in [2.05, 4.69) is 28.2 Å². The molecule has 5 heteroatoms. The van der Waals surface area contributed by atoms with E-state index in [0.717, 1.165) is 28.6 Å². The molecule has 0 radical (unpaired) electrons. The lowest BCUT2D eigenvalue weighted by atomic mass is 10.0. The molecule has 4 nitrogen and oxygen atoms in total. The predicted octanol–water partition coefficient (Wildman–Crippen LogP) is 4.03. The zero-order valence-corrected chi connectivity index (χ0v) is 15.1. The van der Waals surface area contributed by atoms with Gasteiger partial charge in [-0.2, -0.15) is 0 Å². The van der Waals surface area contributed by atoms with Crippen molar-refractivity contribution in [2.45, 2.75) is 25.8 Å². The Bertz CT molecular complexity index is 715. The predicted molar refractivity (Wildman–Crippen MR) is 96.5 cm³/mol. The Morgan fingerprint density at radius 1 is 1.29 bits per heavy atom. The number of nitrogens with one attached hydrogen (secondary N) is 1.